The lowest BCUT2D eigenvalue weighted by molar-refractivity contribution is -0.152. The first-order valence-electron chi connectivity index (χ1n) is 9.96. The van der Waals surface area contributed by atoms with Gasteiger partial charge in [-0.25, -0.2) is 4.79 Å². The van der Waals surface area contributed by atoms with E-state index in [1.54, 1.807) is 0 Å². The van der Waals surface area contributed by atoms with Crippen molar-refractivity contribution in [3.63, 3.8) is 0 Å². The molecule has 0 bridgehead atoms. The Hall–Kier alpha value is -3.53. The Morgan fingerprint density at radius 2 is 1.82 bits per heavy atom. The van der Waals surface area contributed by atoms with Gasteiger partial charge in [0.2, 0.25) is 11.2 Å². The third-order valence-corrected chi connectivity index (χ3v) is 5.20. The molecule has 0 N–H and O–H groups in total. The minimum atomic E-state index is -4.97. The van der Waals surface area contributed by atoms with Crippen LogP contribution in [-0.4, -0.2) is 32.9 Å². The number of hydrogen-bond acceptors (Lipinski definition) is 7. The average Bonchev–Trinajstić information content (AvgIpc) is 3.33. The SMILES string of the molecule is COc1ccc(-c2c(C(F)(F)F)oc3cc(OC(=O)C4CCCO4)ccc3c2=O)cc1OC. The summed E-state index contributed by atoms with van der Waals surface area (Å²) in [6.45, 7) is 0.431. The van der Waals surface area contributed by atoms with E-state index in [1.807, 2.05) is 0 Å². The molecular formula is C23H19F3O7. The largest absolute Gasteiger partial charge is 0.493 e. The first-order chi connectivity index (χ1) is 15.7. The van der Waals surface area contributed by atoms with Crippen LogP contribution in [0.1, 0.15) is 18.6 Å². The molecule has 3 aromatic rings. The predicted molar refractivity (Wildman–Crippen MR) is 111 cm³/mol. The number of carbonyl (C=O) groups excluding carboxylic acids is 1. The van der Waals surface area contributed by atoms with E-state index in [0.717, 1.165) is 6.07 Å². The summed E-state index contributed by atoms with van der Waals surface area (Å²) in [5.41, 5.74) is -1.98. The summed E-state index contributed by atoms with van der Waals surface area (Å²) in [4.78, 5) is 25.3. The Morgan fingerprint density at radius 3 is 2.45 bits per heavy atom. The first kappa shape index (κ1) is 22.7. The molecule has 174 valence electrons. The molecule has 1 aliphatic heterocycles. The van der Waals surface area contributed by atoms with Crippen LogP contribution >= 0.6 is 0 Å². The van der Waals surface area contributed by atoms with E-state index in [9.17, 15) is 22.8 Å². The number of halogens is 3. The number of rotatable bonds is 5. The van der Waals surface area contributed by atoms with E-state index >= 15 is 0 Å². The molecule has 1 aliphatic rings. The summed E-state index contributed by atoms with van der Waals surface area (Å²) in [6, 6.07) is 7.63. The van der Waals surface area contributed by atoms with Crippen molar-refractivity contribution in [2.24, 2.45) is 0 Å². The molecule has 0 aliphatic carbocycles. The van der Waals surface area contributed by atoms with Gasteiger partial charge in [-0.2, -0.15) is 13.2 Å². The van der Waals surface area contributed by atoms with Crippen LogP contribution in [0.2, 0.25) is 0 Å². The molecule has 2 aromatic carbocycles. The summed E-state index contributed by atoms with van der Waals surface area (Å²) >= 11 is 0. The molecule has 1 unspecified atom stereocenters. The van der Waals surface area contributed by atoms with Gasteiger partial charge >= 0.3 is 12.1 Å². The van der Waals surface area contributed by atoms with Gasteiger partial charge in [-0.15, -0.1) is 0 Å². The van der Waals surface area contributed by atoms with Gasteiger partial charge in [-0.3, -0.25) is 4.79 Å². The van der Waals surface area contributed by atoms with Gasteiger partial charge in [0.25, 0.3) is 0 Å². The lowest BCUT2D eigenvalue weighted by atomic mass is 10.0. The maximum absolute atomic E-state index is 13.9. The Bertz CT molecular complexity index is 1260. The van der Waals surface area contributed by atoms with E-state index in [-0.39, 0.29) is 33.8 Å². The molecule has 2 heterocycles. The number of benzene rings is 2. The third kappa shape index (κ3) is 4.38. The molecule has 1 fully saturated rings. The second-order valence-corrected chi connectivity index (χ2v) is 7.28. The number of methoxy groups -OCH3 is 2. The fraction of sp³-hybridized carbons (Fsp3) is 0.304. The summed E-state index contributed by atoms with van der Waals surface area (Å²) < 4.78 is 67.5. The van der Waals surface area contributed by atoms with Crippen LogP contribution in [0.25, 0.3) is 22.1 Å². The minimum absolute atomic E-state index is 0.0514. The Kier molecular flexibility index (Phi) is 6.03. The fourth-order valence-electron chi connectivity index (χ4n) is 3.64. The van der Waals surface area contributed by atoms with Gasteiger partial charge in [0.1, 0.15) is 11.3 Å². The molecule has 33 heavy (non-hydrogen) atoms. The zero-order chi connectivity index (χ0) is 23.8. The summed E-state index contributed by atoms with van der Waals surface area (Å²) in [5, 5.41) is -0.107. The number of alkyl halides is 3. The number of fused-ring (bicyclic) bond motifs is 1. The molecule has 7 nitrogen and oxygen atoms in total. The number of ether oxygens (including phenoxy) is 4. The van der Waals surface area contributed by atoms with Gasteiger partial charge in [-0.05, 0) is 42.7 Å². The van der Waals surface area contributed by atoms with Crippen LogP contribution in [0.15, 0.2) is 45.6 Å². The number of hydrogen-bond donors (Lipinski definition) is 0. The normalized spacial score (nSPS) is 16.1. The van der Waals surface area contributed by atoms with Crippen LogP contribution in [0.4, 0.5) is 13.2 Å². The van der Waals surface area contributed by atoms with Crippen molar-refractivity contribution in [2.45, 2.75) is 25.1 Å². The molecule has 1 saturated heterocycles. The highest BCUT2D eigenvalue weighted by molar-refractivity contribution is 5.85. The Morgan fingerprint density at radius 1 is 1.06 bits per heavy atom. The Labute approximate surface area is 185 Å². The van der Waals surface area contributed by atoms with Crippen LogP contribution in [0.3, 0.4) is 0 Å². The van der Waals surface area contributed by atoms with Crippen LogP contribution in [0.5, 0.6) is 17.2 Å². The summed E-state index contributed by atoms with van der Waals surface area (Å²) in [5.74, 6) is -1.75. The fourth-order valence-corrected chi connectivity index (χ4v) is 3.64. The predicted octanol–water partition coefficient (Wildman–Crippen LogP) is 4.58. The van der Waals surface area contributed by atoms with Crippen molar-refractivity contribution in [3.8, 4) is 28.4 Å². The van der Waals surface area contributed by atoms with Crippen molar-refractivity contribution >= 4 is 16.9 Å². The molecule has 0 saturated carbocycles. The van der Waals surface area contributed by atoms with Crippen LogP contribution in [-0.2, 0) is 15.7 Å². The molecule has 1 aromatic heterocycles. The van der Waals surface area contributed by atoms with Gasteiger partial charge in [0.15, 0.2) is 17.6 Å². The molecule has 1 atom stereocenters. The number of esters is 1. The second kappa shape index (κ2) is 8.78. The molecule has 0 spiro atoms. The maximum Gasteiger partial charge on any atom is 0.450 e. The Balaban J connectivity index is 1.83. The molecule has 0 radical (unpaired) electrons. The van der Waals surface area contributed by atoms with Gasteiger partial charge in [0.05, 0.1) is 25.2 Å². The van der Waals surface area contributed by atoms with Crippen molar-refractivity contribution in [2.75, 3.05) is 20.8 Å². The zero-order valence-electron chi connectivity index (χ0n) is 17.7. The highest BCUT2D eigenvalue weighted by atomic mass is 19.4. The van der Waals surface area contributed by atoms with E-state index in [1.165, 1.54) is 44.6 Å². The third-order valence-electron chi connectivity index (χ3n) is 5.20. The standard InChI is InChI=1S/C23H19F3O7/c1-29-15-8-5-12(10-18(15)30-2)19-20(27)14-7-6-13(32-22(28)16-4-3-9-31-16)11-17(14)33-21(19)23(24,25)26/h5-8,10-11,16H,3-4,9H2,1-2H3. The van der Waals surface area contributed by atoms with Crippen molar-refractivity contribution in [1.29, 1.82) is 0 Å². The van der Waals surface area contributed by atoms with E-state index in [4.69, 9.17) is 23.4 Å². The first-order valence-corrected chi connectivity index (χ1v) is 9.96. The number of carbonyl (C=O) groups is 1. The molecule has 0 amide bonds. The molecule has 4 rings (SSSR count). The summed E-state index contributed by atoms with van der Waals surface area (Å²) in [7, 11) is 2.71. The van der Waals surface area contributed by atoms with Crippen LogP contribution < -0.4 is 19.6 Å². The van der Waals surface area contributed by atoms with Crippen LogP contribution in [0, 0.1) is 0 Å². The lowest BCUT2D eigenvalue weighted by Gasteiger charge is -2.15. The monoisotopic (exact) mass is 464 g/mol. The molecular weight excluding hydrogens is 445 g/mol. The van der Waals surface area contributed by atoms with Crippen molar-refractivity contribution < 1.29 is 41.3 Å². The van der Waals surface area contributed by atoms with E-state index in [2.05, 4.69) is 0 Å². The quantitative estimate of drug-likeness (QED) is 0.404. The van der Waals surface area contributed by atoms with E-state index in [0.29, 0.717) is 19.4 Å². The lowest BCUT2D eigenvalue weighted by Crippen LogP contribution is -2.24. The average molecular weight is 464 g/mol. The van der Waals surface area contributed by atoms with Crippen molar-refractivity contribution in [1.82, 2.24) is 0 Å². The summed E-state index contributed by atoms with van der Waals surface area (Å²) in [6.07, 6.45) is -4.50. The minimum Gasteiger partial charge on any atom is -0.493 e. The topological polar surface area (TPSA) is 84.2 Å². The second-order valence-electron chi connectivity index (χ2n) is 7.28. The highest BCUT2D eigenvalue weighted by Gasteiger charge is 2.39. The highest BCUT2D eigenvalue weighted by Crippen LogP contribution is 2.40. The zero-order valence-corrected chi connectivity index (χ0v) is 17.7. The van der Waals surface area contributed by atoms with Gasteiger partial charge in [-0.1, -0.05) is 6.07 Å². The van der Waals surface area contributed by atoms with Gasteiger partial charge < -0.3 is 23.4 Å². The maximum atomic E-state index is 13.9. The van der Waals surface area contributed by atoms with Gasteiger partial charge in [0, 0.05) is 12.7 Å². The molecule has 10 heteroatoms. The van der Waals surface area contributed by atoms with Crippen molar-refractivity contribution in [3.05, 3.63) is 52.4 Å². The smallest absolute Gasteiger partial charge is 0.450 e. The van der Waals surface area contributed by atoms with E-state index < -0.39 is 35.0 Å².